The zero-order valence-corrected chi connectivity index (χ0v) is 7.38. The molecule has 0 aliphatic carbocycles. The number of hydrogen-bond donors (Lipinski definition) is 3. The van der Waals surface area contributed by atoms with Gasteiger partial charge in [-0.15, -0.1) is 0 Å². The van der Waals surface area contributed by atoms with E-state index in [9.17, 15) is 9.59 Å². The zero-order chi connectivity index (χ0) is 9.68. The van der Waals surface area contributed by atoms with Crippen LogP contribution >= 0.6 is 0 Å². The van der Waals surface area contributed by atoms with Crippen LogP contribution in [0.2, 0.25) is 0 Å². The van der Waals surface area contributed by atoms with E-state index in [2.05, 4.69) is 10.6 Å². The van der Waals surface area contributed by atoms with Crippen molar-refractivity contribution < 1.29 is 14.7 Å². The second-order valence-corrected chi connectivity index (χ2v) is 3.08. The Balaban J connectivity index is 2.13. The lowest BCUT2D eigenvalue weighted by Crippen LogP contribution is -2.41. The summed E-state index contributed by atoms with van der Waals surface area (Å²) >= 11 is 0. The van der Waals surface area contributed by atoms with Gasteiger partial charge in [-0.25, -0.2) is 0 Å². The highest BCUT2D eigenvalue weighted by atomic mass is 16.4. The molecule has 1 amide bonds. The van der Waals surface area contributed by atoms with E-state index in [1.807, 2.05) is 0 Å². The third-order valence-corrected chi connectivity index (χ3v) is 2.01. The topological polar surface area (TPSA) is 78.4 Å². The van der Waals surface area contributed by atoms with Crippen LogP contribution in [-0.2, 0) is 9.59 Å². The maximum atomic E-state index is 11.3. The number of carbonyl (C=O) groups is 2. The van der Waals surface area contributed by atoms with Crippen LogP contribution in [0.25, 0.3) is 0 Å². The molecule has 1 unspecified atom stereocenters. The smallest absolute Gasteiger partial charge is 0.305 e. The van der Waals surface area contributed by atoms with Gasteiger partial charge in [0.1, 0.15) is 0 Å². The van der Waals surface area contributed by atoms with Crippen LogP contribution < -0.4 is 10.6 Å². The van der Waals surface area contributed by atoms with Crippen molar-refractivity contribution in [2.24, 2.45) is 0 Å². The quantitative estimate of drug-likeness (QED) is 0.544. The number of carboxylic acid groups (broad SMARTS) is 1. The van der Waals surface area contributed by atoms with Crippen LogP contribution in [0.15, 0.2) is 0 Å². The normalized spacial score (nSPS) is 21.4. The highest BCUT2D eigenvalue weighted by Crippen LogP contribution is 2.04. The molecule has 1 rings (SSSR count). The fourth-order valence-corrected chi connectivity index (χ4v) is 1.32. The monoisotopic (exact) mass is 186 g/mol. The minimum atomic E-state index is -0.889. The van der Waals surface area contributed by atoms with Gasteiger partial charge in [-0.3, -0.25) is 9.59 Å². The van der Waals surface area contributed by atoms with Crippen molar-refractivity contribution in [1.29, 1.82) is 0 Å². The standard InChI is InChI=1S/C8H14N2O3/c11-7(12)3-5-10-8(13)6-2-1-4-9-6/h6,9H,1-5H2,(H,10,13)(H,11,12). The number of rotatable bonds is 4. The Morgan fingerprint density at radius 1 is 1.54 bits per heavy atom. The van der Waals surface area contributed by atoms with Gasteiger partial charge in [0.25, 0.3) is 0 Å². The fourth-order valence-electron chi connectivity index (χ4n) is 1.32. The van der Waals surface area contributed by atoms with Gasteiger partial charge in [0.15, 0.2) is 0 Å². The Morgan fingerprint density at radius 2 is 2.31 bits per heavy atom. The van der Waals surface area contributed by atoms with Crippen molar-refractivity contribution in [3.8, 4) is 0 Å². The molecular formula is C8H14N2O3. The van der Waals surface area contributed by atoms with Gasteiger partial charge in [0.05, 0.1) is 12.5 Å². The lowest BCUT2D eigenvalue weighted by molar-refractivity contribution is -0.136. The Kier molecular flexibility index (Phi) is 3.70. The summed E-state index contributed by atoms with van der Waals surface area (Å²) in [5, 5.41) is 13.9. The Labute approximate surface area is 76.5 Å². The number of amides is 1. The second kappa shape index (κ2) is 4.81. The molecule has 0 saturated carbocycles. The molecule has 0 bridgehead atoms. The average Bonchev–Trinajstić information content (AvgIpc) is 2.55. The zero-order valence-electron chi connectivity index (χ0n) is 7.38. The molecule has 5 heteroatoms. The summed E-state index contributed by atoms with van der Waals surface area (Å²) in [7, 11) is 0. The summed E-state index contributed by atoms with van der Waals surface area (Å²) in [6, 6.07) is -0.117. The second-order valence-electron chi connectivity index (χ2n) is 3.08. The highest BCUT2D eigenvalue weighted by molar-refractivity contribution is 5.82. The maximum absolute atomic E-state index is 11.3. The van der Waals surface area contributed by atoms with E-state index in [0.717, 1.165) is 19.4 Å². The first kappa shape index (κ1) is 9.98. The number of carbonyl (C=O) groups excluding carboxylic acids is 1. The Morgan fingerprint density at radius 3 is 2.85 bits per heavy atom. The van der Waals surface area contributed by atoms with E-state index in [1.165, 1.54) is 0 Å². The van der Waals surface area contributed by atoms with Gasteiger partial charge in [-0.2, -0.15) is 0 Å². The largest absolute Gasteiger partial charge is 0.481 e. The molecule has 3 N–H and O–H groups in total. The third-order valence-electron chi connectivity index (χ3n) is 2.01. The van der Waals surface area contributed by atoms with E-state index in [1.54, 1.807) is 0 Å². The van der Waals surface area contributed by atoms with Crippen LogP contribution in [0.1, 0.15) is 19.3 Å². The van der Waals surface area contributed by atoms with Crippen LogP contribution in [0.3, 0.4) is 0 Å². The van der Waals surface area contributed by atoms with Crippen molar-refractivity contribution in [2.45, 2.75) is 25.3 Å². The van der Waals surface area contributed by atoms with E-state index in [4.69, 9.17) is 5.11 Å². The maximum Gasteiger partial charge on any atom is 0.305 e. The molecule has 1 aliphatic rings. The molecule has 0 radical (unpaired) electrons. The van der Waals surface area contributed by atoms with E-state index >= 15 is 0 Å². The minimum Gasteiger partial charge on any atom is -0.481 e. The molecule has 1 heterocycles. The van der Waals surface area contributed by atoms with E-state index in [-0.39, 0.29) is 24.9 Å². The average molecular weight is 186 g/mol. The molecule has 1 aliphatic heterocycles. The molecule has 0 aromatic heterocycles. The van der Waals surface area contributed by atoms with Gasteiger partial charge >= 0.3 is 5.97 Å². The number of aliphatic carboxylic acids is 1. The predicted molar refractivity (Wildman–Crippen MR) is 46.3 cm³/mol. The molecule has 0 aromatic carbocycles. The van der Waals surface area contributed by atoms with Crippen LogP contribution in [0, 0.1) is 0 Å². The fraction of sp³-hybridized carbons (Fsp3) is 0.750. The highest BCUT2D eigenvalue weighted by Gasteiger charge is 2.21. The molecular weight excluding hydrogens is 172 g/mol. The van der Waals surface area contributed by atoms with Gasteiger partial charge in [0, 0.05) is 6.54 Å². The molecule has 5 nitrogen and oxygen atoms in total. The third kappa shape index (κ3) is 3.42. The van der Waals surface area contributed by atoms with E-state index < -0.39 is 5.97 Å². The summed E-state index contributed by atoms with van der Waals surface area (Å²) in [6.07, 6.45) is 1.84. The van der Waals surface area contributed by atoms with Gasteiger partial charge in [-0.1, -0.05) is 0 Å². The molecule has 1 atom stereocenters. The van der Waals surface area contributed by atoms with Crippen molar-refractivity contribution in [1.82, 2.24) is 10.6 Å². The first-order valence-electron chi connectivity index (χ1n) is 4.43. The first-order valence-corrected chi connectivity index (χ1v) is 4.43. The summed E-state index contributed by atoms with van der Waals surface area (Å²) in [4.78, 5) is 21.4. The van der Waals surface area contributed by atoms with Crippen molar-refractivity contribution in [3.05, 3.63) is 0 Å². The Hall–Kier alpha value is -1.10. The van der Waals surface area contributed by atoms with Crippen molar-refractivity contribution in [3.63, 3.8) is 0 Å². The number of hydrogen-bond acceptors (Lipinski definition) is 3. The molecule has 0 aromatic rings. The summed E-state index contributed by atoms with van der Waals surface area (Å²) < 4.78 is 0. The minimum absolute atomic E-state index is 0.0154. The molecule has 0 spiro atoms. The molecule has 1 saturated heterocycles. The molecule has 13 heavy (non-hydrogen) atoms. The predicted octanol–water partition coefficient (Wildman–Crippen LogP) is -0.671. The lowest BCUT2D eigenvalue weighted by atomic mass is 10.2. The molecule has 74 valence electrons. The van der Waals surface area contributed by atoms with Gasteiger partial charge < -0.3 is 15.7 Å². The van der Waals surface area contributed by atoms with Crippen LogP contribution in [0.5, 0.6) is 0 Å². The van der Waals surface area contributed by atoms with Crippen molar-refractivity contribution >= 4 is 11.9 Å². The SMILES string of the molecule is O=C(O)CCNC(=O)C1CCCN1. The van der Waals surface area contributed by atoms with Crippen molar-refractivity contribution in [2.75, 3.05) is 13.1 Å². The summed E-state index contributed by atoms with van der Waals surface area (Å²) in [5.41, 5.74) is 0. The lowest BCUT2D eigenvalue weighted by Gasteiger charge is -2.09. The van der Waals surface area contributed by atoms with Gasteiger partial charge in [0.2, 0.25) is 5.91 Å². The Bertz CT molecular complexity index is 200. The molecule has 1 fully saturated rings. The number of carboxylic acids is 1. The van der Waals surface area contributed by atoms with Crippen LogP contribution in [-0.4, -0.2) is 36.1 Å². The van der Waals surface area contributed by atoms with Gasteiger partial charge in [-0.05, 0) is 19.4 Å². The first-order chi connectivity index (χ1) is 6.20. The summed E-state index contributed by atoms with van der Waals surface area (Å²) in [5.74, 6) is -0.974. The van der Waals surface area contributed by atoms with Crippen LogP contribution in [0.4, 0.5) is 0 Å². The van der Waals surface area contributed by atoms with E-state index in [0.29, 0.717) is 0 Å². The summed E-state index contributed by atoms with van der Waals surface area (Å²) in [6.45, 7) is 1.09. The number of nitrogens with one attached hydrogen (secondary N) is 2.